The van der Waals surface area contributed by atoms with Crippen LogP contribution in [0.5, 0.6) is 0 Å². The maximum atomic E-state index is 13.1. The highest BCUT2D eigenvalue weighted by Gasteiger charge is 2.29. The fraction of sp³-hybridized carbons (Fsp3) is 0.611. The van der Waals surface area contributed by atoms with Gasteiger partial charge in [-0.3, -0.25) is 9.69 Å². The molecule has 122 valence electrons. The monoisotopic (exact) mass is 306 g/mol. The minimum absolute atomic E-state index is 0.160. The number of benzene rings is 1. The Morgan fingerprint density at radius 1 is 1.18 bits per heavy atom. The first-order chi connectivity index (χ1) is 10.4. The summed E-state index contributed by atoms with van der Waals surface area (Å²) in [6, 6.07) is 6.83. The van der Waals surface area contributed by atoms with E-state index in [1.54, 1.807) is 12.1 Å². The number of aryl methyl sites for hydroxylation is 1. The molecule has 1 aromatic rings. The second-order valence-electron chi connectivity index (χ2n) is 7.12. The van der Waals surface area contributed by atoms with E-state index >= 15 is 0 Å². The van der Waals surface area contributed by atoms with E-state index in [-0.39, 0.29) is 17.1 Å². The Bertz CT molecular complexity index is 502. The van der Waals surface area contributed by atoms with E-state index in [1.165, 1.54) is 6.07 Å². The van der Waals surface area contributed by atoms with Gasteiger partial charge in [0, 0.05) is 31.6 Å². The summed E-state index contributed by atoms with van der Waals surface area (Å²) in [7, 11) is 0. The second-order valence-corrected chi connectivity index (χ2v) is 7.12. The predicted molar refractivity (Wildman–Crippen MR) is 87.2 cm³/mol. The molecule has 1 aliphatic rings. The molecular formula is C18H27FN2O. The lowest BCUT2D eigenvalue weighted by molar-refractivity contribution is -0.141. The van der Waals surface area contributed by atoms with Gasteiger partial charge in [0.25, 0.3) is 0 Å². The van der Waals surface area contributed by atoms with Crippen LogP contribution in [0.25, 0.3) is 0 Å². The Hall–Kier alpha value is -1.42. The third kappa shape index (κ3) is 4.80. The Morgan fingerprint density at radius 3 is 2.45 bits per heavy atom. The minimum Gasteiger partial charge on any atom is -0.340 e. The van der Waals surface area contributed by atoms with Crippen molar-refractivity contribution < 1.29 is 9.18 Å². The molecule has 0 radical (unpaired) electrons. The number of halogens is 1. The van der Waals surface area contributed by atoms with Crippen molar-refractivity contribution in [3.63, 3.8) is 0 Å². The number of piperazine rings is 1. The highest BCUT2D eigenvalue weighted by molar-refractivity contribution is 5.81. The van der Waals surface area contributed by atoms with Crippen LogP contribution in [0.15, 0.2) is 24.3 Å². The molecule has 1 saturated heterocycles. The highest BCUT2D eigenvalue weighted by atomic mass is 19.1. The number of rotatable bonds is 4. The lowest BCUT2D eigenvalue weighted by Crippen LogP contribution is -2.51. The first-order valence-electron chi connectivity index (χ1n) is 8.12. The second kappa shape index (κ2) is 7.23. The zero-order valence-corrected chi connectivity index (χ0v) is 13.9. The average Bonchev–Trinajstić information content (AvgIpc) is 2.46. The van der Waals surface area contributed by atoms with Crippen LogP contribution in [0.1, 0.15) is 32.8 Å². The molecule has 1 fully saturated rings. The Labute approximate surface area is 133 Å². The van der Waals surface area contributed by atoms with Gasteiger partial charge in [0.1, 0.15) is 5.82 Å². The van der Waals surface area contributed by atoms with E-state index in [0.717, 1.165) is 51.1 Å². The third-order valence-electron chi connectivity index (χ3n) is 4.13. The van der Waals surface area contributed by atoms with Crippen molar-refractivity contribution in [3.05, 3.63) is 35.6 Å². The molecule has 0 saturated carbocycles. The van der Waals surface area contributed by atoms with Gasteiger partial charge < -0.3 is 4.90 Å². The number of amides is 1. The lowest BCUT2D eigenvalue weighted by atomic mass is 9.94. The summed E-state index contributed by atoms with van der Waals surface area (Å²) in [6.45, 7) is 10.4. The van der Waals surface area contributed by atoms with E-state index in [1.807, 2.05) is 31.7 Å². The van der Waals surface area contributed by atoms with Crippen molar-refractivity contribution in [2.75, 3.05) is 32.7 Å². The van der Waals surface area contributed by atoms with Crippen LogP contribution < -0.4 is 0 Å². The smallest absolute Gasteiger partial charge is 0.228 e. The third-order valence-corrected chi connectivity index (χ3v) is 4.13. The number of carbonyl (C=O) groups is 1. The Balaban J connectivity index is 1.71. The van der Waals surface area contributed by atoms with Crippen LogP contribution in [0.2, 0.25) is 0 Å². The predicted octanol–water partition coefficient (Wildman–Crippen LogP) is 2.95. The van der Waals surface area contributed by atoms with Crippen LogP contribution in [-0.2, 0) is 11.2 Å². The van der Waals surface area contributed by atoms with Crippen LogP contribution >= 0.6 is 0 Å². The van der Waals surface area contributed by atoms with Crippen molar-refractivity contribution in [1.82, 2.24) is 9.80 Å². The molecule has 1 aromatic carbocycles. The molecule has 0 spiro atoms. The Kier molecular flexibility index (Phi) is 5.57. The zero-order valence-electron chi connectivity index (χ0n) is 13.9. The quantitative estimate of drug-likeness (QED) is 0.854. The van der Waals surface area contributed by atoms with Gasteiger partial charge in [-0.15, -0.1) is 0 Å². The van der Waals surface area contributed by atoms with Gasteiger partial charge in [-0.1, -0.05) is 32.9 Å². The van der Waals surface area contributed by atoms with E-state index in [0.29, 0.717) is 0 Å². The van der Waals surface area contributed by atoms with E-state index in [4.69, 9.17) is 0 Å². The molecule has 2 rings (SSSR count). The SMILES string of the molecule is CC(C)(C)C(=O)N1CCN(CCCc2cccc(F)c2)CC1. The molecule has 3 nitrogen and oxygen atoms in total. The normalized spacial score (nSPS) is 16.8. The molecule has 0 aromatic heterocycles. The standard InChI is InChI=1S/C18H27FN2O/c1-18(2,3)17(22)21-12-10-20(11-13-21)9-5-7-15-6-4-8-16(19)14-15/h4,6,8,14H,5,7,9-13H2,1-3H3. The molecule has 22 heavy (non-hydrogen) atoms. The molecule has 0 atom stereocenters. The first kappa shape index (κ1) is 16.9. The fourth-order valence-corrected chi connectivity index (χ4v) is 2.85. The molecule has 0 bridgehead atoms. The summed E-state index contributed by atoms with van der Waals surface area (Å²) in [5.74, 6) is 0.0821. The zero-order chi connectivity index (χ0) is 16.2. The van der Waals surface area contributed by atoms with Gasteiger partial charge in [-0.05, 0) is 37.1 Å². The Morgan fingerprint density at radius 2 is 1.86 bits per heavy atom. The van der Waals surface area contributed by atoms with Crippen LogP contribution in [-0.4, -0.2) is 48.4 Å². The van der Waals surface area contributed by atoms with Gasteiger partial charge in [0.05, 0.1) is 0 Å². The molecule has 0 unspecified atom stereocenters. The van der Waals surface area contributed by atoms with Crippen molar-refractivity contribution in [3.8, 4) is 0 Å². The first-order valence-corrected chi connectivity index (χ1v) is 8.12. The van der Waals surface area contributed by atoms with Gasteiger partial charge in [-0.2, -0.15) is 0 Å². The van der Waals surface area contributed by atoms with Gasteiger partial charge in [0.2, 0.25) is 5.91 Å². The molecule has 0 aliphatic carbocycles. The summed E-state index contributed by atoms with van der Waals surface area (Å²) in [5.41, 5.74) is 0.765. The number of hydrogen-bond acceptors (Lipinski definition) is 2. The molecular weight excluding hydrogens is 279 g/mol. The molecule has 4 heteroatoms. The summed E-state index contributed by atoms with van der Waals surface area (Å²) < 4.78 is 13.1. The maximum absolute atomic E-state index is 13.1. The summed E-state index contributed by atoms with van der Waals surface area (Å²) in [4.78, 5) is 16.6. The van der Waals surface area contributed by atoms with Gasteiger partial charge in [-0.25, -0.2) is 4.39 Å². The average molecular weight is 306 g/mol. The van der Waals surface area contributed by atoms with Crippen molar-refractivity contribution >= 4 is 5.91 Å². The summed E-state index contributed by atoms with van der Waals surface area (Å²) in [5, 5.41) is 0. The van der Waals surface area contributed by atoms with Gasteiger partial charge in [0.15, 0.2) is 0 Å². The fourth-order valence-electron chi connectivity index (χ4n) is 2.85. The molecule has 0 N–H and O–H groups in total. The summed E-state index contributed by atoms with van der Waals surface area (Å²) in [6.07, 6.45) is 1.93. The molecule has 1 aliphatic heterocycles. The number of nitrogens with zero attached hydrogens (tertiary/aromatic N) is 2. The molecule has 1 amide bonds. The largest absolute Gasteiger partial charge is 0.340 e. The van der Waals surface area contributed by atoms with Crippen LogP contribution in [0.4, 0.5) is 4.39 Å². The molecule has 1 heterocycles. The van der Waals surface area contributed by atoms with E-state index in [9.17, 15) is 9.18 Å². The maximum Gasteiger partial charge on any atom is 0.228 e. The van der Waals surface area contributed by atoms with Gasteiger partial charge >= 0.3 is 0 Å². The lowest BCUT2D eigenvalue weighted by Gasteiger charge is -2.37. The minimum atomic E-state index is -0.292. The van der Waals surface area contributed by atoms with Crippen molar-refractivity contribution in [1.29, 1.82) is 0 Å². The van der Waals surface area contributed by atoms with E-state index < -0.39 is 0 Å². The van der Waals surface area contributed by atoms with E-state index in [2.05, 4.69) is 4.90 Å². The number of carbonyl (C=O) groups excluding carboxylic acids is 1. The number of hydrogen-bond donors (Lipinski definition) is 0. The van der Waals surface area contributed by atoms with Crippen molar-refractivity contribution in [2.45, 2.75) is 33.6 Å². The van der Waals surface area contributed by atoms with Crippen LogP contribution in [0.3, 0.4) is 0 Å². The highest BCUT2D eigenvalue weighted by Crippen LogP contribution is 2.18. The summed E-state index contributed by atoms with van der Waals surface area (Å²) >= 11 is 0. The van der Waals surface area contributed by atoms with Crippen LogP contribution in [0, 0.1) is 11.2 Å². The van der Waals surface area contributed by atoms with Crippen molar-refractivity contribution in [2.24, 2.45) is 5.41 Å². The topological polar surface area (TPSA) is 23.6 Å².